The maximum Gasteiger partial charge on any atom is 0.269 e. The molecule has 0 aliphatic rings. The fourth-order valence-corrected chi connectivity index (χ4v) is 4.58. The van der Waals surface area contributed by atoms with Gasteiger partial charge >= 0.3 is 0 Å². The third kappa shape index (κ3) is 3.56. The summed E-state index contributed by atoms with van der Waals surface area (Å²) in [6.07, 6.45) is 0.565. The van der Waals surface area contributed by atoms with Gasteiger partial charge in [-0.05, 0) is 42.0 Å². The minimum Gasteiger partial charge on any atom is -0.418 e. The molecule has 0 aliphatic heterocycles. The first-order valence-electron chi connectivity index (χ1n) is 9.43. The van der Waals surface area contributed by atoms with Gasteiger partial charge in [0.1, 0.15) is 6.04 Å². The van der Waals surface area contributed by atoms with Gasteiger partial charge < -0.3 is 4.42 Å². The second-order valence-corrected chi connectivity index (χ2v) is 8.33. The molecule has 0 spiro atoms. The van der Waals surface area contributed by atoms with Gasteiger partial charge in [-0.2, -0.15) is 0 Å². The van der Waals surface area contributed by atoms with Crippen molar-refractivity contribution in [3.63, 3.8) is 0 Å². The van der Waals surface area contributed by atoms with Crippen molar-refractivity contribution < 1.29 is 4.42 Å². The molecule has 0 amide bonds. The molecule has 5 rings (SSSR count). The van der Waals surface area contributed by atoms with Crippen LogP contribution in [0, 0.1) is 0 Å². The van der Waals surface area contributed by atoms with E-state index >= 15 is 0 Å². The van der Waals surface area contributed by atoms with Crippen LogP contribution in [-0.2, 0) is 6.42 Å². The molecule has 0 aliphatic carbocycles. The fraction of sp³-hybridized carbons (Fsp3) is 0.0870. The van der Waals surface area contributed by atoms with E-state index in [2.05, 4.69) is 10.2 Å². The predicted molar refractivity (Wildman–Crippen MR) is 119 cm³/mol. The molecule has 0 unspecified atom stereocenters. The first-order valence-corrected chi connectivity index (χ1v) is 10.6. The van der Waals surface area contributed by atoms with Crippen molar-refractivity contribution in [2.45, 2.75) is 12.5 Å². The van der Waals surface area contributed by atoms with Gasteiger partial charge in [0.15, 0.2) is 0 Å². The Labute approximate surface area is 181 Å². The van der Waals surface area contributed by atoms with E-state index in [0.717, 1.165) is 15.8 Å². The van der Waals surface area contributed by atoms with Crippen LogP contribution in [-0.4, -0.2) is 14.2 Å². The Balaban J connectivity index is 1.60. The highest BCUT2D eigenvalue weighted by atomic mass is 35.5. The molecule has 148 valence electrons. The smallest absolute Gasteiger partial charge is 0.269 e. The van der Waals surface area contributed by atoms with E-state index in [-0.39, 0.29) is 5.56 Å². The zero-order valence-electron chi connectivity index (χ0n) is 15.7. The molecule has 0 bridgehead atoms. The Morgan fingerprint density at radius 1 is 0.933 bits per heavy atom. The Kier molecular flexibility index (Phi) is 4.94. The molecule has 0 saturated heterocycles. The van der Waals surface area contributed by atoms with Crippen molar-refractivity contribution in [3.05, 3.63) is 106 Å². The van der Waals surface area contributed by atoms with Crippen molar-refractivity contribution in [2.24, 2.45) is 0 Å². The molecular formula is C23H16ClN3O2S. The Morgan fingerprint density at radius 2 is 1.67 bits per heavy atom. The number of fused-ring (bicyclic) bond motifs is 1. The van der Waals surface area contributed by atoms with E-state index in [9.17, 15) is 4.79 Å². The molecule has 2 aromatic heterocycles. The van der Waals surface area contributed by atoms with E-state index in [0.29, 0.717) is 28.6 Å². The topological polar surface area (TPSA) is 60.9 Å². The zero-order chi connectivity index (χ0) is 20.5. The highest BCUT2D eigenvalue weighted by Gasteiger charge is 2.25. The van der Waals surface area contributed by atoms with Crippen LogP contribution in [0.2, 0.25) is 5.02 Å². The minimum absolute atomic E-state index is 0.0530. The van der Waals surface area contributed by atoms with Crippen molar-refractivity contribution in [1.82, 2.24) is 14.2 Å². The lowest BCUT2D eigenvalue weighted by atomic mass is 10.1. The molecule has 30 heavy (non-hydrogen) atoms. The van der Waals surface area contributed by atoms with Gasteiger partial charge in [-0.3, -0.25) is 8.75 Å². The van der Waals surface area contributed by atoms with Gasteiger partial charge in [0.05, 0.1) is 10.1 Å². The summed E-state index contributed by atoms with van der Waals surface area (Å²) in [4.78, 5) is 13.1. The number of nitrogens with zero attached hydrogens (tertiary/aromatic N) is 3. The zero-order valence-corrected chi connectivity index (χ0v) is 17.3. The second kappa shape index (κ2) is 7.89. The molecule has 0 radical (unpaired) electrons. The average molecular weight is 434 g/mol. The van der Waals surface area contributed by atoms with E-state index in [4.69, 9.17) is 16.0 Å². The molecule has 7 heteroatoms. The summed E-state index contributed by atoms with van der Waals surface area (Å²) in [6.45, 7) is 0. The van der Waals surface area contributed by atoms with Gasteiger partial charge in [0, 0.05) is 17.0 Å². The summed E-state index contributed by atoms with van der Waals surface area (Å²) in [5.74, 6) is 0.798. The molecule has 2 heterocycles. The molecular weight excluding hydrogens is 418 g/mol. The first-order chi connectivity index (χ1) is 14.7. The van der Waals surface area contributed by atoms with Crippen molar-refractivity contribution in [3.8, 4) is 11.5 Å². The minimum atomic E-state index is -0.397. The fourth-order valence-electron chi connectivity index (χ4n) is 3.38. The molecule has 0 N–H and O–H groups in total. The predicted octanol–water partition coefficient (Wildman–Crippen LogP) is 5.60. The van der Waals surface area contributed by atoms with Gasteiger partial charge in [-0.15, -0.1) is 10.2 Å². The van der Waals surface area contributed by atoms with E-state index < -0.39 is 6.04 Å². The van der Waals surface area contributed by atoms with Crippen LogP contribution >= 0.6 is 23.1 Å². The normalized spacial score (nSPS) is 12.3. The monoisotopic (exact) mass is 433 g/mol. The largest absolute Gasteiger partial charge is 0.418 e. The summed E-state index contributed by atoms with van der Waals surface area (Å²) in [6, 6.07) is 24.4. The van der Waals surface area contributed by atoms with E-state index in [1.54, 1.807) is 16.1 Å². The van der Waals surface area contributed by atoms with Crippen LogP contribution in [0.4, 0.5) is 0 Å². The molecule has 0 saturated carbocycles. The number of hydrogen-bond donors (Lipinski definition) is 0. The van der Waals surface area contributed by atoms with E-state index in [1.165, 1.54) is 11.5 Å². The van der Waals surface area contributed by atoms with Gasteiger partial charge in [-0.25, -0.2) is 0 Å². The number of halogens is 1. The highest BCUT2D eigenvalue weighted by Crippen LogP contribution is 2.29. The summed E-state index contributed by atoms with van der Waals surface area (Å²) < 4.78 is 8.69. The molecule has 0 fully saturated rings. The maximum absolute atomic E-state index is 13.1. The summed E-state index contributed by atoms with van der Waals surface area (Å²) in [7, 11) is 0. The highest BCUT2D eigenvalue weighted by molar-refractivity contribution is 7.13. The van der Waals surface area contributed by atoms with Crippen LogP contribution < -0.4 is 5.56 Å². The van der Waals surface area contributed by atoms with Gasteiger partial charge in [0.2, 0.25) is 11.8 Å². The van der Waals surface area contributed by atoms with Crippen LogP contribution in [0.1, 0.15) is 17.5 Å². The van der Waals surface area contributed by atoms with Crippen LogP contribution in [0.25, 0.3) is 21.5 Å². The Bertz CT molecular complexity index is 1360. The van der Waals surface area contributed by atoms with Gasteiger partial charge in [-0.1, -0.05) is 65.6 Å². The quantitative estimate of drug-likeness (QED) is 0.362. The number of rotatable bonds is 5. The lowest BCUT2D eigenvalue weighted by Crippen LogP contribution is -2.22. The number of aromatic nitrogens is 3. The maximum atomic E-state index is 13.1. The van der Waals surface area contributed by atoms with E-state index in [1.807, 2.05) is 66.7 Å². The number of hydrogen-bond acceptors (Lipinski definition) is 5. The van der Waals surface area contributed by atoms with Crippen molar-refractivity contribution in [1.29, 1.82) is 0 Å². The third-order valence-corrected chi connectivity index (χ3v) is 6.31. The average Bonchev–Trinajstić information content (AvgIpc) is 3.39. The summed E-state index contributed by atoms with van der Waals surface area (Å²) in [5, 5.41) is 9.84. The summed E-state index contributed by atoms with van der Waals surface area (Å²) >= 11 is 7.39. The SMILES string of the molecule is O=c1c2ccccc2sn1[C@@H](Cc1ccccc1)c1nnc(-c2ccc(Cl)cc2)o1. The Morgan fingerprint density at radius 3 is 2.43 bits per heavy atom. The molecule has 3 aromatic carbocycles. The standard InChI is InChI=1S/C23H16ClN3O2S/c24-17-12-10-16(11-13-17)21-25-26-22(29-21)19(14-15-6-2-1-3-7-15)27-23(28)18-8-4-5-9-20(18)30-27/h1-13,19H,14H2/t19-/m0/s1. The Hall–Kier alpha value is -3.22. The van der Waals surface area contributed by atoms with Crippen molar-refractivity contribution >= 4 is 33.2 Å². The van der Waals surface area contributed by atoms with Gasteiger partial charge in [0.25, 0.3) is 5.56 Å². The van der Waals surface area contributed by atoms with Crippen LogP contribution in [0.3, 0.4) is 0 Å². The lowest BCUT2D eigenvalue weighted by Gasteiger charge is -2.13. The second-order valence-electron chi connectivity index (χ2n) is 6.88. The first kappa shape index (κ1) is 18.8. The molecule has 1 atom stereocenters. The van der Waals surface area contributed by atoms with Crippen LogP contribution in [0.15, 0.2) is 88.1 Å². The lowest BCUT2D eigenvalue weighted by molar-refractivity contribution is 0.427. The number of benzene rings is 3. The molecule has 5 aromatic rings. The summed E-state index contributed by atoms with van der Waals surface area (Å²) in [5.41, 5.74) is 1.81. The third-order valence-electron chi connectivity index (χ3n) is 4.89. The van der Waals surface area contributed by atoms with Crippen molar-refractivity contribution in [2.75, 3.05) is 0 Å². The molecule has 5 nitrogen and oxygen atoms in total. The van der Waals surface area contributed by atoms with Crippen LogP contribution in [0.5, 0.6) is 0 Å².